The molecule has 2 aromatic heterocycles. The number of alkyl halides is 3. The second-order valence-corrected chi connectivity index (χ2v) is 5.23. The molecular weight excluding hydrogens is 320 g/mol. The van der Waals surface area contributed by atoms with Gasteiger partial charge in [-0.25, -0.2) is 9.37 Å². The number of ether oxygens (including phenoxy) is 1. The maximum Gasteiger partial charge on any atom is 0.434 e. The number of benzene rings is 1. The van der Waals surface area contributed by atoms with Crippen LogP contribution in [0.2, 0.25) is 0 Å². The Labute approximate surface area is 126 Å². The van der Waals surface area contributed by atoms with Crippen molar-refractivity contribution in [3.05, 3.63) is 41.3 Å². The molecular formula is C14H8F4N2OS. The molecule has 0 aliphatic carbocycles. The lowest BCUT2D eigenvalue weighted by Gasteiger charge is -2.08. The van der Waals surface area contributed by atoms with Crippen LogP contribution in [0.15, 0.2) is 29.8 Å². The van der Waals surface area contributed by atoms with Crippen molar-refractivity contribution in [3.63, 3.8) is 0 Å². The van der Waals surface area contributed by atoms with Crippen molar-refractivity contribution in [2.24, 2.45) is 0 Å². The largest absolute Gasteiger partial charge is 0.492 e. The highest BCUT2D eigenvalue weighted by molar-refractivity contribution is 7.13. The van der Waals surface area contributed by atoms with Gasteiger partial charge in [-0.1, -0.05) is 12.1 Å². The standard InChI is InChI=1S/C14H8F4N2OS/c1-21-9-5-19-8-4-2-3-7(11(8)12(9)15)13-20-10(6-22-13)14(16,17)18/h2-6H,1H3. The van der Waals surface area contributed by atoms with Gasteiger partial charge in [0.2, 0.25) is 0 Å². The molecule has 0 unspecified atom stereocenters. The predicted molar refractivity (Wildman–Crippen MR) is 74.4 cm³/mol. The van der Waals surface area contributed by atoms with Crippen molar-refractivity contribution in [1.82, 2.24) is 9.97 Å². The van der Waals surface area contributed by atoms with Crippen molar-refractivity contribution in [3.8, 4) is 16.3 Å². The van der Waals surface area contributed by atoms with Crippen LogP contribution in [-0.2, 0) is 6.18 Å². The number of thiazole rings is 1. The minimum absolute atomic E-state index is 0.0758. The molecule has 1 aromatic carbocycles. The van der Waals surface area contributed by atoms with Crippen LogP contribution < -0.4 is 4.74 Å². The molecule has 22 heavy (non-hydrogen) atoms. The average molecular weight is 328 g/mol. The zero-order valence-corrected chi connectivity index (χ0v) is 11.9. The van der Waals surface area contributed by atoms with E-state index in [4.69, 9.17) is 4.74 Å². The molecule has 0 atom stereocenters. The second-order valence-electron chi connectivity index (χ2n) is 4.38. The number of halogens is 4. The third-order valence-electron chi connectivity index (χ3n) is 3.04. The number of hydrogen-bond acceptors (Lipinski definition) is 4. The normalized spacial score (nSPS) is 11.9. The molecule has 0 N–H and O–H groups in total. The van der Waals surface area contributed by atoms with Gasteiger partial charge in [0, 0.05) is 10.9 Å². The molecule has 0 fully saturated rings. The molecule has 3 nitrogen and oxygen atoms in total. The topological polar surface area (TPSA) is 35.0 Å². The van der Waals surface area contributed by atoms with Crippen LogP contribution in [0.4, 0.5) is 17.6 Å². The summed E-state index contributed by atoms with van der Waals surface area (Å²) in [6, 6.07) is 4.66. The highest BCUT2D eigenvalue weighted by Crippen LogP contribution is 2.37. The zero-order chi connectivity index (χ0) is 15.9. The summed E-state index contributed by atoms with van der Waals surface area (Å²) in [5, 5.41) is 1.07. The van der Waals surface area contributed by atoms with Gasteiger partial charge < -0.3 is 4.74 Å². The number of pyridine rings is 1. The number of fused-ring (bicyclic) bond motifs is 1. The molecule has 2 heterocycles. The Balaban J connectivity index is 2.25. The summed E-state index contributed by atoms with van der Waals surface area (Å²) >= 11 is 0.800. The zero-order valence-electron chi connectivity index (χ0n) is 11.1. The smallest absolute Gasteiger partial charge is 0.434 e. The molecule has 0 saturated heterocycles. The Morgan fingerprint density at radius 1 is 1.23 bits per heavy atom. The first-order chi connectivity index (χ1) is 10.4. The summed E-state index contributed by atoms with van der Waals surface area (Å²) in [4.78, 5) is 7.60. The van der Waals surface area contributed by atoms with Crippen molar-refractivity contribution in [1.29, 1.82) is 0 Å². The molecule has 0 bridgehead atoms. The van der Waals surface area contributed by atoms with Gasteiger partial charge in [0.05, 0.1) is 24.2 Å². The van der Waals surface area contributed by atoms with E-state index in [1.165, 1.54) is 19.4 Å². The van der Waals surface area contributed by atoms with Crippen LogP contribution in [-0.4, -0.2) is 17.1 Å². The first-order valence-corrected chi connectivity index (χ1v) is 6.94. The fraction of sp³-hybridized carbons (Fsp3) is 0.143. The van der Waals surface area contributed by atoms with Gasteiger partial charge >= 0.3 is 6.18 Å². The van der Waals surface area contributed by atoms with E-state index in [1.54, 1.807) is 12.1 Å². The molecule has 0 aliphatic rings. The van der Waals surface area contributed by atoms with Crippen molar-refractivity contribution < 1.29 is 22.3 Å². The van der Waals surface area contributed by atoms with E-state index in [9.17, 15) is 17.6 Å². The summed E-state index contributed by atoms with van der Waals surface area (Å²) in [7, 11) is 1.29. The van der Waals surface area contributed by atoms with Crippen LogP contribution in [0.1, 0.15) is 5.69 Å². The number of nitrogens with zero attached hydrogens (tertiary/aromatic N) is 2. The van der Waals surface area contributed by atoms with Gasteiger partial charge in [-0.3, -0.25) is 4.98 Å². The summed E-state index contributed by atoms with van der Waals surface area (Å²) in [6.45, 7) is 0. The van der Waals surface area contributed by atoms with Crippen molar-refractivity contribution in [2.75, 3.05) is 7.11 Å². The van der Waals surface area contributed by atoms with Crippen LogP contribution in [0, 0.1) is 5.82 Å². The SMILES string of the molecule is COc1cnc2cccc(-c3nc(C(F)(F)F)cs3)c2c1F. The van der Waals surface area contributed by atoms with Gasteiger partial charge in [0.15, 0.2) is 17.3 Å². The highest BCUT2D eigenvalue weighted by Gasteiger charge is 2.34. The lowest BCUT2D eigenvalue weighted by molar-refractivity contribution is -0.140. The molecule has 3 rings (SSSR count). The molecule has 0 amide bonds. The Morgan fingerprint density at radius 2 is 2.00 bits per heavy atom. The van der Waals surface area contributed by atoms with E-state index in [2.05, 4.69) is 9.97 Å². The summed E-state index contributed by atoms with van der Waals surface area (Å²) in [5.41, 5.74) is -0.428. The Kier molecular flexibility index (Phi) is 3.48. The van der Waals surface area contributed by atoms with Gasteiger partial charge in [0.1, 0.15) is 5.01 Å². The highest BCUT2D eigenvalue weighted by atomic mass is 32.1. The number of methoxy groups -OCH3 is 1. The minimum Gasteiger partial charge on any atom is -0.492 e. The van der Waals surface area contributed by atoms with Crippen LogP contribution in [0.5, 0.6) is 5.75 Å². The lowest BCUT2D eigenvalue weighted by atomic mass is 10.1. The monoisotopic (exact) mass is 328 g/mol. The van der Waals surface area contributed by atoms with E-state index >= 15 is 0 Å². The fourth-order valence-corrected chi connectivity index (χ4v) is 2.89. The first-order valence-electron chi connectivity index (χ1n) is 6.06. The Hall–Kier alpha value is -2.22. The molecule has 0 saturated carbocycles. The molecule has 8 heteroatoms. The molecule has 0 radical (unpaired) electrons. The Bertz CT molecular complexity index is 844. The molecule has 0 spiro atoms. The summed E-state index contributed by atoms with van der Waals surface area (Å²) < 4.78 is 57.3. The molecule has 0 aliphatic heterocycles. The first kappa shape index (κ1) is 14.7. The molecule has 3 aromatic rings. The third-order valence-corrected chi connectivity index (χ3v) is 3.92. The van der Waals surface area contributed by atoms with Gasteiger partial charge in [-0.2, -0.15) is 13.2 Å². The predicted octanol–water partition coefficient (Wildman–Crippen LogP) is 4.52. The van der Waals surface area contributed by atoms with Crippen molar-refractivity contribution >= 4 is 22.2 Å². The quantitative estimate of drug-likeness (QED) is 0.649. The van der Waals surface area contributed by atoms with E-state index < -0.39 is 17.7 Å². The summed E-state index contributed by atoms with van der Waals surface area (Å²) in [5.74, 6) is -0.751. The Morgan fingerprint density at radius 3 is 2.64 bits per heavy atom. The van der Waals surface area contributed by atoms with Crippen LogP contribution in [0.3, 0.4) is 0 Å². The second kappa shape index (κ2) is 5.20. The maximum atomic E-state index is 14.4. The minimum atomic E-state index is -4.53. The maximum absolute atomic E-state index is 14.4. The number of hydrogen-bond donors (Lipinski definition) is 0. The van der Waals surface area contributed by atoms with Gasteiger partial charge in [-0.05, 0) is 6.07 Å². The summed E-state index contributed by atoms with van der Waals surface area (Å²) in [6.07, 6.45) is -3.31. The van der Waals surface area contributed by atoms with E-state index in [1.807, 2.05) is 0 Å². The van der Waals surface area contributed by atoms with Gasteiger partial charge in [-0.15, -0.1) is 11.3 Å². The number of rotatable bonds is 2. The van der Waals surface area contributed by atoms with Crippen LogP contribution >= 0.6 is 11.3 Å². The average Bonchev–Trinajstić information content (AvgIpc) is 2.97. The number of aromatic nitrogens is 2. The van der Waals surface area contributed by atoms with E-state index in [-0.39, 0.29) is 21.7 Å². The van der Waals surface area contributed by atoms with E-state index in [0.717, 1.165) is 16.7 Å². The van der Waals surface area contributed by atoms with Crippen molar-refractivity contribution in [2.45, 2.75) is 6.18 Å². The lowest BCUT2D eigenvalue weighted by Crippen LogP contribution is -2.04. The molecule has 114 valence electrons. The third kappa shape index (κ3) is 2.39. The fourth-order valence-electron chi connectivity index (χ4n) is 2.03. The van der Waals surface area contributed by atoms with Gasteiger partial charge in [0.25, 0.3) is 0 Å². The van der Waals surface area contributed by atoms with Crippen LogP contribution in [0.25, 0.3) is 21.5 Å². The van der Waals surface area contributed by atoms with E-state index in [0.29, 0.717) is 5.52 Å².